The van der Waals surface area contributed by atoms with Gasteiger partial charge in [-0.2, -0.15) is 0 Å². The molecule has 1 heterocycles. The van der Waals surface area contributed by atoms with Crippen molar-refractivity contribution >= 4 is 23.3 Å². The van der Waals surface area contributed by atoms with Gasteiger partial charge in [-0.1, -0.05) is 6.07 Å². The zero-order chi connectivity index (χ0) is 20.6. The number of hydrogen-bond acceptors (Lipinski definition) is 7. The number of benzene rings is 2. The molecular formula is C20H20N2O7. The Hall–Kier alpha value is -3.46. The molecule has 0 spiro atoms. The van der Waals surface area contributed by atoms with E-state index in [-0.39, 0.29) is 23.0 Å². The molecule has 1 aliphatic rings. The van der Waals surface area contributed by atoms with Gasteiger partial charge in [-0.25, -0.2) is 4.79 Å². The molecule has 0 radical (unpaired) electrons. The minimum absolute atomic E-state index is 0.101. The molecule has 1 aliphatic heterocycles. The third-order valence-electron chi connectivity index (χ3n) is 4.22. The summed E-state index contributed by atoms with van der Waals surface area (Å²) in [6.07, 6.45) is 2.11. The topological polar surface area (TPSA) is 117 Å². The highest BCUT2D eigenvalue weighted by atomic mass is 16.6. The summed E-state index contributed by atoms with van der Waals surface area (Å²) in [6.45, 7) is 0.702. The van der Waals surface area contributed by atoms with Gasteiger partial charge in [0, 0.05) is 24.4 Å². The molecule has 0 saturated carbocycles. The molecule has 9 nitrogen and oxygen atoms in total. The van der Waals surface area contributed by atoms with Gasteiger partial charge in [0.15, 0.2) is 6.61 Å². The third-order valence-corrected chi connectivity index (χ3v) is 4.22. The summed E-state index contributed by atoms with van der Waals surface area (Å²) in [5.41, 5.74) is 0.368. The van der Waals surface area contributed by atoms with Crippen LogP contribution < -0.4 is 10.1 Å². The third kappa shape index (κ3) is 6.01. The second-order valence-electron chi connectivity index (χ2n) is 6.40. The molecule has 152 valence electrons. The van der Waals surface area contributed by atoms with E-state index in [1.165, 1.54) is 24.3 Å². The number of anilines is 1. The first-order chi connectivity index (χ1) is 14.0. The van der Waals surface area contributed by atoms with Crippen LogP contribution in [0, 0.1) is 10.1 Å². The number of ether oxygens (including phenoxy) is 3. The van der Waals surface area contributed by atoms with Crippen molar-refractivity contribution in [2.75, 3.05) is 25.1 Å². The second kappa shape index (κ2) is 9.65. The molecule has 2 aromatic carbocycles. The van der Waals surface area contributed by atoms with Crippen LogP contribution in [-0.2, 0) is 14.3 Å². The molecule has 9 heteroatoms. The molecule has 0 bridgehead atoms. The maximum absolute atomic E-state index is 12.1. The largest absolute Gasteiger partial charge is 0.491 e. The van der Waals surface area contributed by atoms with E-state index in [1.807, 2.05) is 0 Å². The predicted molar refractivity (Wildman–Crippen MR) is 103 cm³/mol. The average molecular weight is 400 g/mol. The van der Waals surface area contributed by atoms with E-state index < -0.39 is 23.4 Å². The number of carbonyl (C=O) groups is 2. The Morgan fingerprint density at radius 1 is 1.21 bits per heavy atom. The molecule has 3 rings (SSSR count). The molecule has 2 aromatic rings. The molecule has 1 N–H and O–H groups in total. The molecule has 1 fully saturated rings. The van der Waals surface area contributed by atoms with Gasteiger partial charge in [-0.05, 0) is 43.2 Å². The normalized spacial score (nSPS) is 15.5. The molecule has 1 amide bonds. The Kier molecular flexibility index (Phi) is 6.75. The van der Waals surface area contributed by atoms with Crippen molar-refractivity contribution in [2.45, 2.75) is 18.9 Å². The van der Waals surface area contributed by atoms with Crippen molar-refractivity contribution in [1.82, 2.24) is 0 Å². The first-order valence-electron chi connectivity index (χ1n) is 9.07. The zero-order valence-electron chi connectivity index (χ0n) is 15.5. The Labute approximate surface area is 166 Å². The number of nitro benzene ring substituents is 1. The standard InChI is InChI=1S/C20H20N2O7/c23-19(21-15-3-1-4-16(11-15)22(25)26)13-29-20(24)14-6-8-17(9-7-14)28-12-18-5-2-10-27-18/h1,3-4,6-9,11,18H,2,5,10,12-13H2,(H,21,23)/t18-/m0/s1. The number of non-ortho nitro benzene ring substituents is 1. The first kappa shape index (κ1) is 20.3. The highest BCUT2D eigenvalue weighted by molar-refractivity contribution is 5.95. The van der Waals surface area contributed by atoms with Gasteiger partial charge >= 0.3 is 5.97 Å². The second-order valence-corrected chi connectivity index (χ2v) is 6.40. The minimum Gasteiger partial charge on any atom is -0.491 e. The molecule has 1 saturated heterocycles. The Morgan fingerprint density at radius 2 is 2.00 bits per heavy atom. The highest BCUT2D eigenvalue weighted by Gasteiger charge is 2.16. The number of rotatable bonds is 8. The van der Waals surface area contributed by atoms with E-state index in [2.05, 4.69) is 5.32 Å². The maximum Gasteiger partial charge on any atom is 0.338 e. The summed E-state index contributed by atoms with van der Waals surface area (Å²) < 4.78 is 16.1. The monoisotopic (exact) mass is 400 g/mol. The van der Waals surface area contributed by atoms with Crippen LogP contribution in [0.4, 0.5) is 11.4 Å². The highest BCUT2D eigenvalue weighted by Crippen LogP contribution is 2.18. The van der Waals surface area contributed by atoms with Crippen LogP contribution >= 0.6 is 0 Å². The molecule has 1 atom stereocenters. The fourth-order valence-corrected chi connectivity index (χ4v) is 2.76. The lowest BCUT2D eigenvalue weighted by molar-refractivity contribution is -0.384. The Morgan fingerprint density at radius 3 is 2.69 bits per heavy atom. The van der Waals surface area contributed by atoms with Crippen molar-refractivity contribution in [1.29, 1.82) is 0 Å². The fraction of sp³-hybridized carbons (Fsp3) is 0.300. The van der Waals surface area contributed by atoms with Gasteiger partial charge in [0.2, 0.25) is 0 Å². The van der Waals surface area contributed by atoms with E-state index in [0.29, 0.717) is 12.4 Å². The smallest absolute Gasteiger partial charge is 0.338 e. The first-order valence-corrected chi connectivity index (χ1v) is 9.07. The summed E-state index contributed by atoms with van der Waals surface area (Å²) in [5.74, 6) is -0.652. The van der Waals surface area contributed by atoms with Crippen LogP contribution in [0.15, 0.2) is 48.5 Å². The molecule has 29 heavy (non-hydrogen) atoms. The number of hydrogen-bond donors (Lipinski definition) is 1. The van der Waals surface area contributed by atoms with Crippen LogP contribution in [0.3, 0.4) is 0 Å². The Balaban J connectivity index is 1.45. The van der Waals surface area contributed by atoms with Crippen LogP contribution in [0.2, 0.25) is 0 Å². The van der Waals surface area contributed by atoms with Gasteiger partial charge in [0.1, 0.15) is 12.4 Å². The summed E-state index contributed by atoms with van der Waals surface area (Å²) in [6, 6.07) is 11.9. The van der Waals surface area contributed by atoms with Crippen molar-refractivity contribution in [3.63, 3.8) is 0 Å². The lowest BCUT2D eigenvalue weighted by atomic mass is 10.2. The lowest BCUT2D eigenvalue weighted by Gasteiger charge is -2.11. The van der Waals surface area contributed by atoms with Crippen LogP contribution in [0.1, 0.15) is 23.2 Å². The number of amides is 1. The number of esters is 1. The van der Waals surface area contributed by atoms with Gasteiger partial charge in [0.05, 0.1) is 16.6 Å². The molecular weight excluding hydrogens is 380 g/mol. The quantitative estimate of drug-likeness (QED) is 0.411. The summed E-state index contributed by atoms with van der Waals surface area (Å²) in [7, 11) is 0. The van der Waals surface area contributed by atoms with Gasteiger partial charge in [-0.3, -0.25) is 14.9 Å². The molecule has 0 unspecified atom stereocenters. The Bertz CT molecular complexity index is 877. The van der Waals surface area contributed by atoms with E-state index in [4.69, 9.17) is 14.2 Å². The number of carbonyl (C=O) groups excluding carboxylic acids is 2. The van der Waals surface area contributed by atoms with E-state index in [0.717, 1.165) is 19.4 Å². The predicted octanol–water partition coefficient (Wildman–Crippen LogP) is 2.95. The summed E-state index contributed by atoms with van der Waals surface area (Å²) in [5, 5.41) is 13.2. The van der Waals surface area contributed by atoms with Crippen molar-refractivity contribution in [3.05, 3.63) is 64.2 Å². The molecule has 0 aromatic heterocycles. The van der Waals surface area contributed by atoms with Gasteiger partial charge < -0.3 is 19.5 Å². The van der Waals surface area contributed by atoms with Crippen molar-refractivity contribution in [3.8, 4) is 5.75 Å². The number of nitrogens with zero attached hydrogens (tertiary/aromatic N) is 1. The average Bonchev–Trinajstić information content (AvgIpc) is 3.25. The van der Waals surface area contributed by atoms with Crippen LogP contribution in [-0.4, -0.2) is 42.7 Å². The number of nitrogens with one attached hydrogen (secondary N) is 1. The summed E-state index contributed by atoms with van der Waals surface area (Å²) in [4.78, 5) is 34.2. The van der Waals surface area contributed by atoms with Crippen LogP contribution in [0.5, 0.6) is 5.75 Å². The van der Waals surface area contributed by atoms with E-state index in [9.17, 15) is 19.7 Å². The van der Waals surface area contributed by atoms with Gasteiger partial charge in [0.25, 0.3) is 11.6 Å². The fourth-order valence-electron chi connectivity index (χ4n) is 2.76. The van der Waals surface area contributed by atoms with Crippen molar-refractivity contribution < 1.29 is 28.7 Å². The maximum atomic E-state index is 12.1. The van der Waals surface area contributed by atoms with Crippen molar-refractivity contribution in [2.24, 2.45) is 0 Å². The lowest BCUT2D eigenvalue weighted by Crippen LogP contribution is -2.21. The number of nitro groups is 1. The summed E-state index contributed by atoms with van der Waals surface area (Å²) >= 11 is 0. The molecule has 0 aliphatic carbocycles. The van der Waals surface area contributed by atoms with E-state index >= 15 is 0 Å². The SMILES string of the molecule is O=C(COC(=O)c1ccc(OC[C@@H]2CCCO2)cc1)Nc1cccc([N+](=O)[O-])c1. The van der Waals surface area contributed by atoms with Gasteiger partial charge in [-0.15, -0.1) is 0 Å². The van der Waals surface area contributed by atoms with Crippen LogP contribution in [0.25, 0.3) is 0 Å². The minimum atomic E-state index is -0.662. The zero-order valence-corrected chi connectivity index (χ0v) is 15.5. The van der Waals surface area contributed by atoms with E-state index in [1.54, 1.807) is 24.3 Å².